The summed E-state index contributed by atoms with van der Waals surface area (Å²) < 4.78 is 0. The number of nitrogens with zero attached hydrogens (tertiary/aromatic N) is 1. The molecule has 0 spiro atoms. The van der Waals surface area contributed by atoms with Gasteiger partial charge in [-0.25, -0.2) is 0 Å². The molecule has 0 heterocycles. The van der Waals surface area contributed by atoms with Crippen molar-refractivity contribution < 1.29 is 14.7 Å². The van der Waals surface area contributed by atoms with E-state index in [9.17, 15) is 9.59 Å². The molecule has 0 fully saturated rings. The second kappa shape index (κ2) is 5.08. The summed E-state index contributed by atoms with van der Waals surface area (Å²) >= 11 is 0. The molecular formula is C12H11NO3. The van der Waals surface area contributed by atoms with E-state index in [1.807, 2.05) is 13.0 Å². The molecule has 4 nitrogen and oxygen atoms in total. The van der Waals surface area contributed by atoms with E-state index >= 15 is 0 Å². The van der Waals surface area contributed by atoms with Gasteiger partial charge in [0, 0.05) is 5.56 Å². The monoisotopic (exact) mass is 217 g/mol. The third-order valence-corrected chi connectivity index (χ3v) is 2.40. The van der Waals surface area contributed by atoms with Gasteiger partial charge in [0.15, 0.2) is 6.29 Å². The molecule has 0 aliphatic heterocycles. The Morgan fingerprint density at radius 2 is 2.25 bits per heavy atom. The lowest BCUT2D eigenvalue weighted by molar-refractivity contribution is -0.136. The fourth-order valence-corrected chi connectivity index (χ4v) is 1.63. The van der Waals surface area contributed by atoms with Crippen LogP contribution in [0.4, 0.5) is 0 Å². The van der Waals surface area contributed by atoms with Crippen molar-refractivity contribution in [3.63, 3.8) is 0 Å². The molecule has 0 aliphatic carbocycles. The minimum absolute atomic E-state index is 0.198. The van der Waals surface area contributed by atoms with Crippen LogP contribution in [0, 0.1) is 11.3 Å². The lowest BCUT2D eigenvalue weighted by atomic mass is 9.93. The number of carboxylic acids is 1. The number of carbonyl (C=O) groups is 2. The number of aldehydes is 1. The van der Waals surface area contributed by atoms with Crippen LogP contribution < -0.4 is 0 Å². The van der Waals surface area contributed by atoms with Crippen molar-refractivity contribution >= 4 is 12.3 Å². The average Bonchev–Trinajstić information content (AvgIpc) is 2.27. The molecule has 1 N–H and O–H groups in total. The Bertz CT molecular complexity index is 472. The molecular weight excluding hydrogens is 206 g/mol. The van der Waals surface area contributed by atoms with Crippen molar-refractivity contribution in [1.82, 2.24) is 0 Å². The maximum absolute atomic E-state index is 10.9. The van der Waals surface area contributed by atoms with Crippen molar-refractivity contribution in [3.05, 3.63) is 34.4 Å². The first-order valence-electron chi connectivity index (χ1n) is 4.85. The van der Waals surface area contributed by atoms with Crippen LogP contribution >= 0.6 is 0 Å². The van der Waals surface area contributed by atoms with Gasteiger partial charge in [-0.1, -0.05) is 13.0 Å². The first kappa shape index (κ1) is 11.9. The molecule has 0 aromatic heterocycles. The minimum Gasteiger partial charge on any atom is -0.481 e. The van der Waals surface area contributed by atoms with Crippen LogP contribution in [0.1, 0.15) is 34.0 Å². The van der Waals surface area contributed by atoms with Crippen LogP contribution in [-0.4, -0.2) is 17.4 Å². The smallest absolute Gasteiger partial charge is 0.307 e. The predicted molar refractivity (Wildman–Crippen MR) is 57.3 cm³/mol. The number of hydrogen-bond donors (Lipinski definition) is 1. The molecule has 0 saturated heterocycles. The van der Waals surface area contributed by atoms with E-state index in [0.717, 1.165) is 5.56 Å². The fraction of sp³-hybridized carbons (Fsp3) is 0.250. The number of nitriles is 1. The second-order valence-electron chi connectivity index (χ2n) is 3.32. The number of aryl methyl sites for hydroxylation is 1. The lowest BCUT2D eigenvalue weighted by Gasteiger charge is -2.09. The van der Waals surface area contributed by atoms with Gasteiger partial charge >= 0.3 is 5.97 Å². The van der Waals surface area contributed by atoms with Crippen LogP contribution in [0.3, 0.4) is 0 Å². The number of carbonyl (C=O) groups excluding carboxylic acids is 1. The summed E-state index contributed by atoms with van der Waals surface area (Å²) in [5.74, 6) is -1.01. The summed E-state index contributed by atoms with van der Waals surface area (Å²) in [6.45, 7) is 1.88. The maximum Gasteiger partial charge on any atom is 0.307 e. The lowest BCUT2D eigenvalue weighted by Crippen LogP contribution is -2.08. The zero-order chi connectivity index (χ0) is 12.1. The summed E-state index contributed by atoms with van der Waals surface area (Å²) in [5.41, 5.74) is 1.67. The predicted octanol–water partition coefficient (Wildman–Crippen LogP) is 1.56. The normalized spacial score (nSPS) is 9.50. The number of hydrogen-bond acceptors (Lipinski definition) is 3. The number of rotatable bonds is 4. The topological polar surface area (TPSA) is 78.2 Å². The molecule has 82 valence electrons. The number of benzene rings is 1. The SMILES string of the molecule is CCc1ccc(C#N)c(C=O)c1CC(=O)O. The van der Waals surface area contributed by atoms with E-state index < -0.39 is 5.97 Å². The summed E-state index contributed by atoms with van der Waals surface area (Å²) in [5, 5.41) is 17.6. The van der Waals surface area contributed by atoms with Gasteiger partial charge in [-0.3, -0.25) is 9.59 Å². The molecule has 0 atom stereocenters. The van der Waals surface area contributed by atoms with E-state index in [-0.39, 0.29) is 17.5 Å². The average molecular weight is 217 g/mol. The van der Waals surface area contributed by atoms with Gasteiger partial charge in [-0.2, -0.15) is 5.26 Å². The molecule has 0 unspecified atom stereocenters. The van der Waals surface area contributed by atoms with Gasteiger partial charge in [-0.05, 0) is 23.6 Å². The van der Waals surface area contributed by atoms with Gasteiger partial charge in [0.05, 0.1) is 18.1 Å². The quantitative estimate of drug-likeness (QED) is 0.776. The summed E-state index contributed by atoms with van der Waals surface area (Å²) in [6.07, 6.45) is 0.956. The van der Waals surface area contributed by atoms with Crippen molar-refractivity contribution in [2.75, 3.05) is 0 Å². The van der Waals surface area contributed by atoms with Gasteiger partial charge in [0.2, 0.25) is 0 Å². The third kappa shape index (κ3) is 2.26. The van der Waals surface area contributed by atoms with Crippen LogP contribution in [0.15, 0.2) is 12.1 Å². The van der Waals surface area contributed by atoms with Crippen molar-refractivity contribution in [1.29, 1.82) is 5.26 Å². The largest absolute Gasteiger partial charge is 0.481 e. The first-order valence-corrected chi connectivity index (χ1v) is 4.85. The molecule has 0 aliphatic rings. The van der Waals surface area contributed by atoms with E-state index in [1.54, 1.807) is 12.1 Å². The Kier molecular flexibility index (Phi) is 3.78. The van der Waals surface area contributed by atoms with E-state index in [2.05, 4.69) is 0 Å². The highest BCUT2D eigenvalue weighted by Crippen LogP contribution is 2.19. The first-order chi connectivity index (χ1) is 7.63. The standard InChI is InChI=1S/C12H11NO3/c1-2-8-3-4-9(6-13)11(7-14)10(8)5-12(15)16/h3-4,7H,2,5H2,1H3,(H,15,16). The molecule has 1 aromatic carbocycles. The molecule has 0 bridgehead atoms. The summed E-state index contributed by atoms with van der Waals surface area (Å²) in [4.78, 5) is 21.6. The fourth-order valence-electron chi connectivity index (χ4n) is 1.63. The van der Waals surface area contributed by atoms with Crippen LogP contribution in [0.5, 0.6) is 0 Å². The van der Waals surface area contributed by atoms with Gasteiger partial charge in [-0.15, -0.1) is 0 Å². The van der Waals surface area contributed by atoms with Gasteiger partial charge in [0.25, 0.3) is 0 Å². The molecule has 0 amide bonds. The number of aliphatic carboxylic acids is 1. The second-order valence-corrected chi connectivity index (χ2v) is 3.32. The highest BCUT2D eigenvalue weighted by molar-refractivity contribution is 5.85. The molecule has 0 radical (unpaired) electrons. The van der Waals surface area contributed by atoms with Gasteiger partial charge < -0.3 is 5.11 Å². The van der Waals surface area contributed by atoms with Crippen molar-refractivity contribution in [3.8, 4) is 6.07 Å². The molecule has 0 saturated carbocycles. The minimum atomic E-state index is -1.01. The van der Waals surface area contributed by atoms with E-state index in [0.29, 0.717) is 18.3 Å². The van der Waals surface area contributed by atoms with E-state index in [4.69, 9.17) is 10.4 Å². The van der Waals surface area contributed by atoms with E-state index in [1.165, 1.54) is 0 Å². The molecule has 1 rings (SSSR count). The zero-order valence-corrected chi connectivity index (χ0v) is 8.86. The Labute approximate surface area is 93.1 Å². The van der Waals surface area contributed by atoms with Crippen LogP contribution in [-0.2, 0) is 17.6 Å². The Morgan fingerprint density at radius 3 is 2.69 bits per heavy atom. The Hall–Kier alpha value is -2.15. The molecule has 4 heteroatoms. The van der Waals surface area contributed by atoms with Gasteiger partial charge in [0.1, 0.15) is 0 Å². The van der Waals surface area contributed by atoms with Crippen molar-refractivity contribution in [2.24, 2.45) is 0 Å². The third-order valence-electron chi connectivity index (χ3n) is 2.40. The Balaban J connectivity index is 3.43. The Morgan fingerprint density at radius 1 is 1.56 bits per heavy atom. The maximum atomic E-state index is 10.9. The van der Waals surface area contributed by atoms with Crippen LogP contribution in [0.25, 0.3) is 0 Å². The molecule has 1 aromatic rings. The van der Waals surface area contributed by atoms with Crippen molar-refractivity contribution in [2.45, 2.75) is 19.8 Å². The molecule has 16 heavy (non-hydrogen) atoms. The van der Waals surface area contributed by atoms with Crippen LogP contribution in [0.2, 0.25) is 0 Å². The highest BCUT2D eigenvalue weighted by Gasteiger charge is 2.14. The zero-order valence-electron chi connectivity index (χ0n) is 8.86. The number of carboxylic acid groups (broad SMARTS) is 1. The summed E-state index contributed by atoms with van der Waals surface area (Å²) in [6, 6.07) is 5.14. The summed E-state index contributed by atoms with van der Waals surface area (Å²) in [7, 11) is 0. The highest BCUT2D eigenvalue weighted by atomic mass is 16.4.